The van der Waals surface area contributed by atoms with Crippen LogP contribution in [0.5, 0.6) is 0 Å². The zero-order valence-electron chi connectivity index (χ0n) is 9.72. The summed E-state index contributed by atoms with van der Waals surface area (Å²) >= 11 is 12.0. The molecule has 17 heavy (non-hydrogen) atoms. The number of benzene rings is 1. The Kier molecular flexibility index (Phi) is 5.11. The van der Waals surface area contributed by atoms with Gasteiger partial charge in [0.1, 0.15) is 0 Å². The van der Waals surface area contributed by atoms with E-state index in [0.29, 0.717) is 22.7 Å². The molecule has 4 heteroatoms. The standard InChI is InChI=1S/C13H17Cl2NO/c14-12-6-3-4-10(13(12)15)8-17-9-11-5-1-2-7-16-11/h3-4,6,11,16H,1-2,5,7-9H2. The molecular weight excluding hydrogens is 257 g/mol. The van der Waals surface area contributed by atoms with Crippen LogP contribution in [0.25, 0.3) is 0 Å². The van der Waals surface area contributed by atoms with Gasteiger partial charge < -0.3 is 10.1 Å². The molecule has 1 aliphatic rings. The highest BCUT2D eigenvalue weighted by Crippen LogP contribution is 2.26. The van der Waals surface area contributed by atoms with Crippen LogP contribution < -0.4 is 5.32 Å². The predicted octanol–water partition coefficient (Wildman–Crippen LogP) is 3.65. The fourth-order valence-electron chi connectivity index (χ4n) is 2.04. The normalized spacial score (nSPS) is 20.5. The maximum absolute atomic E-state index is 6.09. The molecule has 0 amide bonds. The minimum atomic E-state index is 0.488. The molecule has 1 saturated heterocycles. The zero-order valence-corrected chi connectivity index (χ0v) is 11.2. The van der Waals surface area contributed by atoms with Crippen LogP contribution in [-0.4, -0.2) is 19.2 Å². The third-order valence-electron chi connectivity index (χ3n) is 3.02. The van der Waals surface area contributed by atoms with E-state index in [-0.39, 0.29) is 0 Å². The van der Waals surface area contributed by atoms with Gasteiger partial charge >= 0.3 is 0 Å². The van der Waals surface area contributed by atoms with Crippen molar-refractivity contribution in [3.63, 3.8) is 0 Å². The van der Waals surface area contributed by atoms with Crippen molar-refractivity contribution in [3.05, 3.63) is 33.8 Å². The number of halogens is 2. The lowest BCUT2D eigenvalue weighted by atomic mass is 10.1. The molecule has 2 nitrogen and oxygen atoms in total. The second-order valence-electron chi connectivity index (χ2n) is 4.37. The maximum Gasteiger partial charge on any atom is 0.0732 e. The second kappa shape index (κ2) is 6.60. The van der Waals surface area contributed by atoms with Crippen LogP contribution in [-0.2, 0) is 11.3 Å². The predicted molar refractivity (Wildman–Crippen MR) is 71.8 cm³/mol. The SMILES string of the molecule is Clc1cccc(COCC2CCCCN2)c1Cl. The highest BCUT2D eigenvalue weighted by Gasteiger charge is 2.12. The molecule has 1 atom stereocenters. The average molecular weight is 274 g/mol. The lowest BCUT2D eigenvalue weighted by Gasteiger charge is -2.23. The highest BCUT2D eigenvalue weighted by atomic mass is 35.5. The summed E-state index contributed by atoms with van der Waals surface area (Å²) in [4.78, 5) is 0. The van der Waals surface area contributed by atoms with E-state index in [2.05, 4.69) is 5.32 Å². The third kappa shape index (κ3) is 3.85. The molecular formula is C13H17Cl2NO. The van der Waals surface area contributed by atoms with E-state index in [1.165, 1.54) is 19.3 Å². The quantitative estimate of drug-likeness (QED) is 0.904. The fraction of sp³-hybridized carbons (Fsp3) is 0.538. The Morgan fingerprint density at radius 3 is 2.94 bits per heavy atom. The first kappa shape index (κ1) is 13.2. The molecule has 1 N–H and O–H groups in total. The van der Waals surface area contributed by atoms with Crippen molar-refractivity contribution in [3.8, 4) is 0 Å². The van der Waals surface area contributed by atoms with Crippen LogP contribution >= 0.6 is 23.2 Å². The lowest BCUT2D eigenvalue weighted by molar-refractivity contribution is 0.0912. The molecule has 0 bridgehead atoms. The Balaban J connectivity index is 1.79. The number of hydrogen-bond donors (Lipinski definition) is 1. The van der Waals surface area contributed by atoms with Crippen molar-refractivity contribution in [1.82, 2.24) is 5.32 Å². The highest BCUT2D eigenvalue weighted by molar-refractivity contribution is 6.42. The molecule has 0 aromatic heterocycles. The van der Waals surface area contributed by atoms with Crippen LogP contribution in [0.1, 0.15) is 24.8 Å². The number of hydrogen-bond acceptors (Lipinski definition) is 2. The molecule has 0 spiro atoms. The summed E-state index contributed by atoms with van der Waals surface area (Å²) < 4.78 is 5.69. The molecule has 1 heterocycles. The van der Waals surface area contributed by atoms with Crippen LogP contribution in [0, 0.1) is 0 Å². The third-order valence-corrected chi connectivity index (χ3v) is 3.88. The van der Waals surface area contributed by atoms with Crippen molar-refractivity contribution in [1.29, 1.82) is 0 Å². The van der Waals surface area contributed by atoms with Gasteiger partial charge in [-0.2, -0.15) is 0 Å². The summed E-state index contributed by atoms with van der Waals surface area (Å²) in [7, 11) is 0. The van der Waals surface area contributed by atoms with Crippen molar-refractivity contribution >= 4 is 23.2 Å². The van der Waals surface area contributed by atoms with Gasteiger partial charge in [0.25, 0.3) is 0 Å². The molecule has 94 valence electrons. The Morgan fingerprint density at radius 2 is 2.18 bits per heavy atom. The van der Waals surface area contributed by atoms with Crippen LogP contribution in [0.4, 0.5) is 0 Å². The summed E-state index contributed by atoms with van der Waals surface area (Å²) in [5, 5.41) is 4.64. The van der Waals surface area contributed by atoms with E-state index in [1.807, 2.05) is 12.1 Å². The summed E-state index contributed by atoms with van der Waals surface area (Å²) in [5.74, 6) is 0. The van der Waals surface area contributed by atoms with Gasteiger partial charge in [0.05, 0.1) is 23.3 Å². The molecule has 1 fully saturated rings. The first-order valence-electron chi connectivity index (χ1n) is 6.01. The van der Waals surface area contributed by atoms with Gasteiger partial charge in [0.2, 0.25) is 0 Å². The van der Waals surface area contributed by atoms with Crippen molar-refractivity contribution in [2.24, 2.45) is 0 Å². The van der Waals surface area contributed by atoms with Crippen molar-refractivity contribution < 1.29 is 4.74 Å². The topological polar surface area (TPSA) is 21.3 Å². The largest absolute Gasteiger partial charge is 0.375 e. The number of nitrogens with one attached hydrogen (secondary N) is 1. The molecule has 0 radical (unpaired) electrons. The van der Waals surface area contributed by atoms with Crippen molar-refractivity contribution in [2.75, 3.05) is 13.2 Å². The Labute approximate surface area is 112 Å². The van der Waals surface area contributed by atoms with Crippen LogP contribution in [0.15, 0.2) is 18.2 Å². The summed E-state index contributed by atoms with van der Waals surface area (Å²) in [6.07, 6.45) is 3.76. The Hall–Kier alpha value is -0.280. The van der Waals surface area contributed by atoms with Gasteiger partial charge in [0, 0.05) is 6.04 Å². The fourth-order valence-corrected chi connectivity index (χ4v) is 2.41. The van der Waals surface area contributed by atoms with Crippen LogP contribution in [0.2, 0.25) is 10.0 Å². The second-order valence-corrected chi connectivity index (χ2v) is 5.16. The smallest absolute Gasteiger partial charge is 0.0732 e. The van der Waals surface area contributed by atoms with E-state index < -0.39 is 0 Å². The molecule has 2 rings (SSSR count). The van der Waals surface area contributed by atoms with Gasteiger partial charge in [-0.15, -0.1) is 0 Å². The molecule has 0 aliphatic carbocycles. The minimum absolute atomic E-state index is 0.488. The van der Waals surface area contributed by atoms with E-state index in [4.69, 9.17) is 27.9 Å². The number of ether oxygens (including phenoxy) is 1. The Bertz CT molecular complexity index is 364. The van der Waals surface area contributed by atoms with E-state index in [9.17, 15) is 0 Å². The lowest BCUT2D eigenvalue weighted by Crippen LogP contribution is -2.37. The Morgan fingerprint density at radius 1 is 1.29 bits per heavy atom. The monoisotopic (exact) mass is 273 g/mol. The average Bonchev–Trinajstić information content (AvgIpc) is 2.36. The molecule has 1 unspecified atom stereocenters. The van der Waals surface area contributed by atoms with Gasteiger partial charge in [-0.25, -0.2) is 0 Å². The van der Waals surface area contributed by atoms with E-state index >= 15 is 0 Å². The molecule has 1 aromatic rings. The van der Waals surface area contributed by atoms with Gasteiger partial charge in [0.15, 0.2) is 0 Å². The number of piperidine rings is 1. The van der Waals surface area contributed by atoms with Crippen LogP contribution in [0.3, 0.4) is 0 Å². The zero-order chi connectivity index (χ0) is 12.1. The van der Waals surface area contributed by atoms with Crippen molar-refractivity contribution in [2.45, 2.75) is 31.9 Å². The molecule has 0 saturated carbocycles. The van der Waals surface area contributed by atoms with Gasteiger partial charge in [-0.05, 0) is 31.0 Å². The first-order valence-corrected chi connectivity index (χ1v) is 6.77. The summed E-state index contributed by atoms with van der Waals surface area (Å²) in [6.45, 7) is 2.37. The van der Waals surface area contributed by atoms with E-state index in [0.717, 1.165) is 18.7 Å². The summed E-state index contributed by atoms with van der Waals surface area (Å²) in [5.41, 5.74) is 0.954. The van der Waals surface area contributed by atoms with E-state index in [1.54, 1.807) is 6.07 Å². The number of rotatable bonds is 4. The first-order chi connectivity index (χ1) is 8.27. The summed E-state index contributed by atoms with van der Waals surface area (Å²) in [6, 6.07) is 6.12. The minimum Gasteiger partial charge on any atom is -0.375 e. The van der Waals surface area contributed by atoms with Gasteiger partial charge in [-0.1, -0.05) is 41.8 Å². The molecule has 1 aliphatic heterocycles. The maximum atomic E-state index is 6.09. The van der Waals surface area contributed by atoms with Gasteiger partial charge in [-0.3, -0.25) is 0 Å². The molecule has 1 aromatic carbocycles.